The van der Waals surface area contributed by atoms with Gasteiger partial charge in [0.15, 0.2) is 0 Å². The normalized spacial score (nSPS) is 19.2. The van der Waals surface area contributed by atoms with E-state index >= 15 is 0 Å². The van der Waals surface area contributed by atoms with E-state index in [0.29, 0.717) is 12.3 Å². The van der Waals surface area contributed by atoms with Crippen molar-refractivity contribution >= 4 is 10.0 Å². The minimum atomic E-state index is -3.54. The molecule has 0 saturated carbocycles. The van der Waals surface area contributed by atoms with Crippen molar-refractivity contribution in [2.24, 2.45) is 0 Å². The summed E-state index contributed by atoms with van der Waals surface area (Å²) in [5.41, 5.74) is 1.25. The second-order valence-corrected chi connectivity index (χ2v) is 9.20. The summed E-state index contributed by atoms with van der Waals surface area (Å²) < 4.78 is 36.6. The Morgan fingerprint density at radius 3 is 2.52 bits per heavy atom. The van der Waals surface area contributed by atoms with E-state index in [1.165, 1.54) is 36.8 Å². The molecule has 1 aromatic heterocycles. The lowest BCUT2D eigenvalue weighted by Crippen LogP contribution is -2.28. The van der Waals surface area contributed by atoms with E-state index in [2.05, 4.69) is 17.0 Å². The molecule has 148 valence electrons. The van der Waals surface area contributed by atoms with Crippen molar-refractivity contribution in [1.82, 2.24) is 9.21 Å². The van der Waals surface area contributed by atoms with Gasteiger partial charge in [0.2, 0.25) is 5.09 Å². The van der Waals surface area contributed by atoms with Crippen molar-refractivity contribution in [3.05, 3.63) is 47.7 Å². The average molecular weight is 393 g/mol. The molecule has 0 N–H and O–H groups in total. The van der Waals surface area contributed by atoms with Gasteiger partial charge in [-0.25, -0.2) is 12.7 Å². The molecule has 3 rings (SSSR count). The summed E-state index contributed by atoms with van der Waals surface area (Å²) >= 11 is 0. The second-order valence-electron chi connectivity index (χ2n) is 7.12. The van der Waals surface area contributed by atoms with E-state index in [0.717, 1.165) is 25.1 Å². The maximum absolute atomic E-state index is 12.2. The number of sulfonamides is 1. The molecule has 7 heteroatoms. The highest BCUT2D eigenvalue weighted by Gasteiger charge is 2.26. The molecular weight excluding hydrogens is 364 g/mol. The predicted octanol–water partition coefficient (Wildman–Crippen LogP) is 3.66. The van der Waals surface area contributed by atoms with E-state index in [9.17, 15) is 8.42 Å². The Morgan fingerprint density at radius 1 is 1.11 bits per heavy atom. The van der Waals surface area contributed by atoms with E-state index in [-0.39, 0.29) is 11.1 Å². The second kappa shape index (κ2) is 8.46. The number of nitrogens with zero attached hydrogens (tertiary/aromatic N) is 2. The molecule has 0 aliphatic carbocycles. The SMILES string of the molecule is COc1ccc(C2CCCCCN2Cc2ccc(S(=O)(=O)N(C)C)o2)cc1. The fourth-order valence-corrected chi connectivity index (χ4v) is 4.33. The highest BCUT2D eigenvalue weighted by Crippen LogP contribution is 2.32. The van der Waals surface area contributed by atoms with Crippen LogP contribution in [-0.2, 0) is 16.6 Å². The maximum Gasteiger partial charge on any atom is 0.275 e. The predicted molar refractivity (Wildman–Crippen MR) is 104 cm³/mol. The van der Waals surface area contributed by atoms with Crippen LogP contribution in [0.4, 0.5) is 0 Å². The summed E-state index contributed by atoms with van der Waals surface area (Å²) in [7, 11) is 1.14. The maximum atomic E-state index is 12.2. The number of hydrogen-bond acceptors (Lipinski definition) is 5. The Hall–Kier alpha value is -1.83. The summed E-state index contributed by atoms with van der Waals surface area (Å²) in [4.78, 5) is 2.39. The molecule has 1 fully saturated rings. The van der Waals surface area contributed by atoms with E-state index in [1.807, 2.05) is 12.1 Å². The molecule has 2 heterocycles. The van der Waals surface area contributed by atoms with Crippen LogP contribution in [0.3, 0.4) is 0 Å². The van der Waals surface area contributed by atoms with Crippen molar-refractivity contribution in [2.45, 2.75) is 43.4 Å². The molecule has 0 radical (unpaired) electrons. The third-order valence-corrected chi connectivity index (χ3v) is 6.78. The lowest BCUT2D eigenvalue weighted by molar-refractivity contribution is 0.174. The molecule has 2 aromatic rings. The number of hydrogen-bond donors (Lipinski definition) is 0. The summed E-state index contributed by atoms with van der Waals surface area (Å²) in [6, 6.07) is 11.8. The van der Waals surface area contributed by atoms with Gasteiger partial charge >= 0.3 is 0 Å². The molecule has 27 heavy (non-hydrogen) atoms. The summed E-state index contributed by atoms with van der Waals surface area (Å²) in [5.74, 6) is 1.53. The van der Waals surface area contributed by atoms with Gasteiger partial charge in [0.1, 0.15) is 11.5 Å². The Balaban J connectivity index is 1.81. The fourth-order valence-electron chi connectivity index (χ4n) is 3.52. The number of rotatable bonds is 6. The third kappa shape index (κ3) is 4.54. The zero-order valence-corrected chi connectivity index (χ0v) is 17.0. The number of likely N-dealkylation sites (tertiary alicyclic amines) is 1. The number of methoxy groups -OCH3 is 1. The van der Waals surface area contributed by atoms with Crippen LogP contribution >= 0.6 is 0 Å². The van der Waals surface area contributed by atoms with Gasteiger partial charge in [-0.2, -0.15) is 0 Å². The van der Waals surface area contributed by atoms with Gasteiger partial charge in [0.05, 0.1) is 13.7 Å². The van der Waals surface area contributed by atoms with Gasteiger partial charge in [-0.3, -0.25) is 4.90 Å². The van der Waals surface area contributed by atoms with Gasteiger partial charge < -0.3 is 9.15 Å². The number of benzene rings is 1. The zero-order valence-electron chi connectivity index (χ0n) is 16.2. The Morgan fingerprint density at radius 2 is 1.85 bits per heavy atom. The first-order valence-corrected chi connectivity index (χ1v) is 10.7. The van der Waals surface area contributed by atoms with Crippen molar-refractivity contribution in [3.8, 4) is 5.75 Å². The van der Waals surface area contributed by atoms with Crippen LogP contribution in [0.2, 0.25) is 0 Å². The molecular formula is C20H28N2O4S. The summed E-state index contributed by atoms with van der Waals surface area (Å²) in [6.45, 7) is 1.56. The number of furan rings is 1. The van der Waals surface area contributed by atoms with Gasteiger partial charge in [0.25, 0.3) is 10.0 Å². The minimum absolute atomic E-state index is 0.00156. The molecule has 6 nitrogen and oxygen atoms in total. The van der Waals surface area contributed by atoms with Crippen molar-refractivity contribution in [2.75, 3.05) is 27.7 Å². The van der Waals surface area contributed by atoms with Crippen molar-refractivity contribution in [1.29, 1.82) is 0 Å². The van der Waals surface area contributed by atoms with Gasteiger partial charge in [-0.1, -0.05) is 25.0 Å². The third-order valence-electron chi connectivity index (χ3n) is 5.10. The van der Waals surface area contributed by atoms with Crippen LogP contribution in [0.25, 0.3) is 0 Å². The highest BCUT2D eigenvalue weighted by molar-refractivity contribution is 7.88. The monoisotopic (exact) mass is 392 g/mol. The summed E-state index contributed by atoms with van der Waals surface area (Å²) in [5, 5.41) is -0.00156. The summed E-state index contributed by atoms with van der Waals surface area (Å²) in [6.07, 6.45) is 4.61. The van der Waals surface area contributed by atoms with Crippen molar-refractivity contribution < 1.29 is 17.6 Å². The van der Waals surface area contributed by atoms with Gasteiger partial charge in [-0.05, 0) is 49.2 Å². The Kier molecular flexibility index (Phi) is 6.24. The molecule has 1 aliphatic rings. The van der Waals surface area contributed by atoms with Gasteiger partial charge in [0, 0.05) is 20.1 Å². The quantitative estimate of drug-likeness (QED) is 0.751. The Labute approximate surface area is 161 Å². The zero-order chi connectivity index (χ0) is 19.4. The smallest absolute Gasteiger partial charge is 0.275 e. The molecule has 1 aliphatic heterocycles. The van der Waals surface area contributed by atoms with Crippen LogP contribution in [-0.4, -0.2) is 45.4 Å². The topological polar surface area (TPSA) is 63.0 Å². The van der Waals surface area contributed by atoms with Crippen LogP contribution in [0.15, 0.2) is 45.9 Å². The molecule has 1 saturated heterocycles. The average Bonchev–Trinajstić information content (AvgIpc) is 3.01. The standard InChI is InChI=1S/C20H28N2O4S/c1-21(2)27(23,24)20-13-12-18(26-20)15-22-14-6-4-5-7-19(22)16-8-10-17(25-3)11-9-16/h8-13,19H,4-7,14-15H2,1-3H3. The number of ether oxygens (including phenoxy) is 1. The lowest BCUT2D eigenvalue weighted by Gasteiger charge is -2.29. The van der Waals surface area contributed by atoms with Crippen LogP contribution in [0.5, 0.6) is 5.75 Å². The molecule has 0 bridgehead atoms. The lowest BCUT2D eigenvalue weighted by atomic mass is 10.0. The first kappa shape index (κ1) is 19.9. The fraction of sp³-hybridized carbons (Fsp3) is 0.500. The van der Waals surface area contributed by atoms with Crippen LogP contribution in [0, 0.1) is 0 Å². The molecule has 1 unspecified atom stereocenters. The van der Waals surface area contributed by atoms with Crippen molar-refractivity contribution in [3.63, 3.8) is 0 Å². The van der Waals surface area contributed by atoms with E-state index < -0.39 is 10.0 Å². The molecule has 1 aromatic carbocycles. The molecule has 0 amide bonds. The Bertz CT molecular complexity index is 843. The first-order chi connectivity index (χ1) is 12.9. The highest BCUT2D eigenvalue weighted by atomic mass is 32.2. The van der Waals surface area contributed by atoms with Crippen LogP contribution < -0.4 is 4.74 Å². The van der Waals surface area contributed by atoms with Crippen LogP contribution in [0.1, 0.15) is 43.0 Å². The molecule has 1 atom stereocenters. The molecule has 0 spiro atoms. The minimum Gasteiger partial charge on any atom is -0.497 e. The van der Waals surface area contributed by atoms with E-state index in [1.54, 1.807) is 19.2 Å². The van der Waals surface area contributed by atoms with Gasteiger partial charge in [-0.15, -0.1) is 0 Å². The van der Waals surface area contributed by atoms with E-state index in [4.69, 9.17) is 9.15 Å². The first-order valence-electron chi connectivity index (χ1n) is 9.31. The largest absolute Gasteiger partial charge is 0.497 e.